The molecule has 0 unspecified atom stereocenters. The van der Waals surface area contributed by atoms with E-state index in [2.05, 4.69) is 14.7 Å². The largest absolute Gasteiger partial charge is 0.371 e. The Bertz CT molecular complexity index is 268. The molecule has 1 fully saturated rings. The number of ether oxygens (including phenoxy) is 1. The van der Waals surface area contributed by atoms with Crippen LogP contribution in [0.15, 0.2) is 10.9 Å². The Balaban J connectivity index is 1.72. The van der Waals surface area contributed by atoms with Gasteiger partial charge >= 0.3 is 0 Å². The zero-order valence-corrected chi connectivity index (χ0v) is 8.11. The molecule has 1 saturated carbocycles. The Morgan fingerprint density at radius 1 is 1.50 bits per heavy atom. The lowest BCUT2D eigenvalue weighted by atomic mass is 10.0. The monoisotopic (exact) mass is 197 g/mol. The van der Waals surface area contributed by atoms with Gasteiger partial charge in [-0.15, -0.1) is 0 Å². The van der Waals surface area contributed by atoms with E-state index in [9.17, 15) is 0 Å². The fraction of sp³-hybridized carbons (Fsp3) is 0.778. The third kappa shape index (κ3) is 2.30. The van der Waals surface area contributed by atoms with Crippen LogP contribution in [0.3, 0.4) is 0 Å². The first-order valence-electron chi connectivity index (χ1n) is 4.90. The smallest absolute Gasteiger partial charge is 0.213 e. The number of aromatic nitrogens is 2. The van der Waals surface area contributed by atoms with Gasteiger partial charge in [0.05, 0.1) is 6.61 Å². The van der Waals surface area contributed by atoms with Crippen molar-refractivity contribution in [2.75, 3.05) is 6.61 Å². The van der Waals surface area contributed by atoms with Crippen LogP contribution in [0.1, 0.15) is 31.5 Å². The van der Waals surface area contributed by atoms with Gasteiger partial charge in [-0.1, -0.05) is 18.0 Å². The molecule has 0 amide bonds. The van der Waals surface area contributed by atoms with Crippen molar-refractivity contribution in [1.29, 1.82) is 0 Å². The van der Waals surface area contributed by atoms with E-state index in [0.717, 1.165) is 12.8 Å². The van der Waals surface area contributed by atoms with Gasteiger partial charge < -0.3 is 15.0 Å². The van der Waals surface area contributed by atoms with Crippen LogP contribution in [-0.4, -0.2) is 22.3 Å². The second kappa shape index (κ2) is 4.06. The van der Waals surface area contributed by atoms with E-state index >= 15 is 0 Å². The van der Waals surface area contributed by atoms with Crippen LogP contribution in [0.2, 0.25) is 0 Å². The minimum Gasteiger partial charge on any atom is -0.371 e. The molecule has 78 valence electrons. The Labute approximate surface area is 82.6 Å². The number of hydrogen-bond acceptors (Lipinski definition) is 5. The number of nitrogens with zero attached hydrogens (tertiary/aromatic N) is 2. The van der Waals surface area contributed by atoms with Gasteiger partial charge in [0, 0.05) is 5.54 Å². The molecule has 0 saturated heterocycles. The molecule has 2 rings (SSSR count). The summed E-state index contributed by atoms with van der Waals surface area (Å²) < 4.78 is 10.0. The summed E-state index contributed by atoms with van der Waals surface area (Å²) in [7, 11) is 0. The molecule has 1 aliphatic carbocycles. The topological polar surface area (TPSA) is 74.2 Å². The summed E-state index contributed by atoms with van der Waals surface area (Å²) in [6, 6.07) is 0. The van der Waals surface area contributed by atoms with Crippen molar-refractivity contribution in [3.63, 3.8) is 0 Å². The van der Waals surface area contributed by atoms with E-state index in [1.54, 1.807) is 0 Å². The van der Waals surface area contributed by atoms with Gasteiger partial charge in [-0.25, -0.2) is 0 Å². The van der Waals surface area contributed by atoms with Gasteiger partial charge in [-0.05, 0) is 12.8 Å². The fourth-order valence-electron chi connectivity index (χ4n) is 1.83. The molecular weight excluding hydrogens is 182 g/mol. The predicted molar refractivity (Wildman–Crippen MR) is 49.3 cm³/mol. The molecular formula is C9H15N3O2. The standard InChI is InChI=1S/C9H15N3O2/c10-9(3-1-2-4-9)6-13-5-8-11-7-14-12-8/h7H,1-6,10H2. The summed E-state index contributed by atoms with van der Waals surface area (Å²) >= 11 is 0. The van der Waals surface area contributed by atoms with Crippen LogP contribution in [-0.2, 0) is 11.3 Å². The summed E-state index contributed by atoms with van der Waals surface area (Å²) in [6.45, 7) is 0.969. The molecule has 1 heterocycles. The zero-order valence-electron chi connectivity index (χ0n) is 8.11. The van der Waals surface area contributed by atoms with Crippen molar-refractivity contribution in [1.82, 2.24) is 10.1 Å². The number of rotatable bonds is 4. The quantitative estimate of drug-likeness (QED) is 0.774. The molecule has 5 nitrogen and oxygen atoms in total. The second-order valence-electron chi connectivity index (χ2n) is 3.91. The lowest BCUT2D eigenvalue weighted by Crippen LogP contribution is -2.41. The van der Waals surface area contributed by atoms with Gasteiger partial charge in [-0.2, -0.15) is 4.98 Å². The summed E-state index contributed by atoms with van der Waals surface area (Å²) in [5.74, 6) is 0.576. The first-order valence-corrected chi connectivity index (χ1v) is 4.90. The van der Waals surface area contributed by atoms with E-state index in [1.807, 2.05) is 0 Å². The van der Waals surface area contributed by atoms with Gasteiger partial charge in [0.15, 0.2) is 5.82 Å². The molecule has 0 atom stereocenters. The highest BCUT2D eigenvalue weighted by molar-refractivity contribution is 4.89. The van der Waals surface area contributed by atoms with E-state index in [0.29, 0.717) is 19.0 Å². The Morgan fingerprint density at radius 2 is 2.29 bits per heavy atom. The number of nitrogens with two attached hydrogens (primary N) is 1. The number of hydrogen-bond donors (Lipinski definition) is 1. The van der Waals surface area contributed by atoms with Crippen molar-refractivity contribution in [2.24, 2.45) is 5.73 Å². The minimum atomic E-state index is -0.121. The van der Waals surface area contributed by atoms with Crippen molar-refractivity contribution in [3.05, 3.63) is 12.2 Å². The lowest BCUT2D eigenvalue weighted by Gasteiger charge is -2.22. The maximum Gasteiger partial charge on any atom is 0.213 e. The van der Waals surface area contributed by atoms with E-state index in [4.69, 9.17) is 10.5 Å². The summed E-state index contributed by atoms with van der Waals surface area (Å²) in [5, 5.41) is 3.65. The second-order valence-corrected chi connectivity index (χ2v) is 3.91. The molecule has 1 aliphatic rings. The third-order valence-corrected chi connectivity index (χ3v) is 2.63. The molecule has 0 aliphatic heterocycles. The minimum absolute atomic E-state index is 0.121. The SMILES string of the molecule is NC1(COCc2ncon2)CCCC1. The van der Waals surface area contributed by atoms with Gasteiger partial charge in [0.2, 0.25) is 6.39 Å². The lowest BCUT2D eigenvalue weighted by molar-refractivity contribution is 0.0698. The predicted octanol–water partition coefficient (Wildman–Crippen LogP) is 0.858. The Kier molecular flexibility index (Phi) is 2.79. The molecule has 1 aromatic rings. The first kappa shape index (κ1) is 9.61. The maximum absolute atomic E-state index is 6.11. The van der Waals surface area contributed by atoms with E-state index in [1.165, 1.54) is 19.2 Å². The molecule has 1 aromatic heterocycles. The average molecular weight is 197 g/mol. The van der Waals surface area contributed by atoms with Crippen molar-refractivity contribution in [3.8, 4) is 0 Å². The molecule has 0 aromatic carbocycles. The molecule has 2 N–H and O–H groups in total. The highest BCUT2D eigenvalue weighted by Crippen LogP contribution is 2.27. The van der Waals surface area contributed by atoms with E-state index < -0.39 is 0 Å². The maximum atomic E-state index is 6.11. The average Bonchev–Trinajstić information content (AvgIpc) is 2.77. The van der Waals surface area contributed by atoms with Crippen molar-refractivity contribution >= 4 is 0 Å². The summed E-state index contributed by atoms with van der Waals surface area (Å²) in [4.78, 5) is 3.86. The molecule has 0 bridgehead atoms. The van der Waals surface area contributed by atoms with E-state index in [-0.39, 0.29) is 5.54 Å². The first-order chi connectivity index (χ1) is 6.79. The van der Waals surface area contributed by atoms with Crippen LogP contribution in [0.4, 0.5) is 0 Å². The van der Waals surface area contributed by atoms with Crippen molar-refractivity contribution in [2.45, 2.75) is 37.8 Å². The highest BCUT2D eigenvalue weighted by atomic mass is 16.5. The normalized spacial score (nSPS) is 20.1. The summed E-state index contributed by atoms with van der Waals surface area (Å²) in [5.41, 5.74) is 5.99. The molecule has 14 heavy (non-hydrogen) atoms. The molecule has 0 radical (unpaired) electrons. The van der Waals surface area contributed by atoms with Crippen LogP contribution < -0.4 is 5.73 Å². The van der Waals surface area contributed by atoms with Crippen LogP contribution >= 0.6 is 0 Å². The van der Waals surface area contributed by atoms with Crippen LogP contribution in [0.25, 0.3) is 0 Å². The fourth-order valence-corrected chi connectivity index (χ4v) is 1.83. The van der Waals surface area contributed by atoms with Gasteiger partial charge in [-0.3, -0.25) is 0 Å². The van der Waals surface area contributed by atoms with Crippen molar-refractivity contribution < 1.29 is 9.26 Å². The highest BCUT2D eigenvalue weighted by Gasteiger charge is 2.29. The third-order valence-electron chi connectivity index (χ3n) is 2.63. The molecule has 5 heteroatoms. The van der Waals surface area contributed by atoms with Gasteiger partial charge in [0.25, 0.3) is 0 Å². The Hall–Kier alpha value is -0.940. The van der Waals surface area contributed by atoms with Crippen LogP contribution in [0.5, 0.6) is 0 Å². The Morgan fingerprint density at radius 3 is 2.93 bits per heavy atom. The zero-order chi connectivity index (χ0) is 9.86. The molecule has 0 spiro atoms. The van der Waals surface area contributed by atoms with Crippen LogP contribution in [0, 0.1) is 0 Å². The van der Waals surface area contributed by atoms with Gasteiger partial charge in [0.1, 0.15) is 6.61 Å². The summed E-state index contributed by atoms with van der Waals surface area (Å²) in [6.07, 6.45) is 5.83.